The lowest BCUT2D eigenvalue weighted by molar-refractivity contribution is 0.0202. The Kier molecular flexibility index (Phi) is 5.24. The largest absolute Gasteiger partial charge is 0.514 e. The van der Waals surface area contributed by atoms with Crippen molar-refractivity contribution in [2.24, 2.45) is 0 Å². The van der Waals surface area contributed by atoms with E-state index < -0.39 is 17.2 Å². The number of rotatable bonds is 3. The Labute approximate surface area is 140 Å². The molecule has 0 bridgehead atoms. The van der Waals surface area contributed by atoms with Crippen LogP contribution in [0.3, 0.4) is 0 Å². The SMILES string of the molecule is Cc1cccc(Oc2ccccc2)c(=O)c1OC(=O)OC(C)(C)C. The molecule has 2 rings (SSSR count). The topological polar surface area (TPSA) is 61.8 Å². The van der Waals surface area contributed by atoms with E-state index in [1.807, 2.05) is 6.07 Å². The van der Waals surface area contributed by atoms with E-state index in [-0.39, 0.29) is 11.5 Å². The van der Waals surface area contributed by atoms with Gasteiger partial charge in [-0.2, -0.15) is 0 Å². The van der Waals surface area contributed by atoms with Crippen molar-refractivity contribution in [1.82, 2.24) is 0 Å². The van der Waals surface area contributed by atoms with Gasteiger partial charge in [0.2, 0.25) is 0 Å². The van der Waals surface area contributed by atoms with Crippen LogP contribution in [0.25, 0.3) is 0 Å². The average molecular weight is 328 g/mol. The lowest BCUT2D eigenvalue weighted by atomic mass is 10.2. The Hall–Kier alpha value is -2.82. The van der Waals surface area contributed by atoms with E-state index in [0.29, 0.717) is 11.3 Å². The minimum absolute atomic E-state index is 0.0628. The number of benzene rings is 1. The maximum Gasteiger partial charge on any atom is 0.514 e. The smallest absolute Gasteiger partial charge is 0.453 e. The summed E-state index contributed by atoms with van der Waals surface area (Å²) in [6.07, 6.45) is -0.931. The van der Waals surface area contributed by atoms with Crippen molar-refractivity contribution < 1.29 is 19.0 Å². The van der Waals surface area contributed by atoms with Gasteiger partial charge in [-0.05, 0) is 51.5 Å². The van der Waals surface area contributed by atoms with Gasteiger partial charge in [-0.25, -0.2) is 4.79 Å². The van der Waals surface area contributed by atoms with Gasteiger partial charge in [-0.1, -0.05) is 30.3 Å². The zero-order chi connectivity index (χ0) is 17.7. The van der Waals surface area contributed by atoms with E-state index in [1.165, 1.54) is 6.07 Å². The van der Waals surface area contributed by atoms with Crippen molar-refractivity contribution in [3.05, 3.63) is 64.3 Å². The Balaban J connectivity index is 2.35. The lowest BCUT2D eigenvalue weighted by Crippen LogP contribution is -2.27. The molecule has 0 fully saturated rings. The van der Waals surface area contributed by atoms with Crippen molar-refractivity contribution in [1.29, 1.82) is 0 Å². The van der Waals surface area contributed by atoms with Crippen LogP contribution in [-0.4, -0.2) is 11.8 Å². The highest BCUT2D eigenvalue weighted by atomic mass is 16.7. The highest BCUT2D eigenvalue weighted by molar-refractivity contribution is 5.65. The van der Waals surface area contributed by atoms with Crippen molar-refractivity contribution in [2.75, 3.05) is 0 Å². The minimum Gasteiger partial charge on any atom is -0.453 e. The molecule has 2 aromatic carbocycles. The summed E-state index contributed by atoms with van der Waals surface area (Å²) < 4.78 is 15.8. The fraction of sp³-hybridized carbons (Fsp3) is 0.263. The van der Waals surface area contributed by atoms with Gasteiger partial charge in [-0.3, -0.25) is 4.79 Å². The summed E-state index contributed by atoms with van der Waals surface area (Å²) in [4.78, 5) is 24.5. The van der Waals surface area contributed by atoms with E-state index in [9.17, 15) is 9.59 Å². The van der Waals surface area contributed by atoms with Crippen LogP contribution in [0.1, 0.15) is 26.3 Å². The summed E-state index contributed by atoms with van der Waals surface area (Å²) >= 11 is 0. The fourth-order valence-electron chi connectivity index (χ4n) is 1.90. The van der Waals surface area contributed by atoms with Gasteiger partial charge in [0.05, 0.1) is 0 Å². The second kappa shape index (κ2) is 7.17. The fourth-order valence-corrected chi connectivity index (χ4v) is 1.90. The van der Waals surface area contributed by atoms with Gasteiger partial charge in [0, 0.05) is 0 Å². The molecule has 2 aromatic rings. The van der Waals surface area contributed by atoms with E-state index in [0.717, 1.165) is 0 Å². The Morgan fingerprint density at radius 3 is 2.25 bits per heavy atom. The van der Waals surface area contributed by atoms with Crippen LogP contribution < -0.4 is 14.9 Å². The molecule has 5 heteroatoms. The van der Waals surface area contributed by atoms with Crippen molar-refractivity contribution in [2.45, 2.75) is 33.3 Å². The predicted molar refractivity (Wildman–Crippen MR) is 90.8 cm³/mol. The summed E-state index contributed by atoms with van der Waals surface area (Å²) in [5.41, 5.74) is -0.727. The van der Waals surface area contributed by atoms with E-state index in [2.05, 4.69) is 0 Å². The Morgan fingerprint density at radius 2 is 1.62 bits per heavy atom. The molecule has 0 radical (unpaired) electrons. The normalized spacial score (nSPS) is 10.8. The molecular formula is C19H20O5. The van der Waals surface area contributed by atoms with Gasteiger partial charge in [0.25, 0.3) is 5.43 Å². The average Bonchev–Trinajstić information content (AvgIpc) is 2.61. The third-order valence-corrected chi connectivity index (χ3v) is 2.93. The molecule has 5 nitrogen and oxygen atoms in total. The third kappa shape index (κ3) is 4.84. The molecule has 0 saturated heterocycles. The summed E-state index contributed by atoms with van der Waals surface area (Å²) in [6, 6.07) is 13.8. The monoisotopic (exact) mass is 328 g/mol. The van der Waals surface area contributed by atoms with Gasteiger partial charge in [-0.15, -0.1) is 0 Å². The van der Waals surface area contributed by atoms with E-state index in [4.69, 9.17) is 14.2 Å². The minimum atomic E-state index is -0.931. The summed E-state index contributed by atoms with van der Waals surface area (Å²) in [5, 5.41) is 0. The quantitative estimate of drug-likeness (QED) is 0.778. The molecule has 126 valence electrons. The standard InChI is InChI=1S/C19H20O5/c1-13-9-8-12-15(22-14-10-6-5-7-11-14)16(20)17(13)23-18(21)24-19(2,3)4/h5-12H,1-4H3. The first-order valence-corrected chi connectivity index (χ1v) is 7.54. The zero-order valence-corrected chi connectivity index (χ0v) is 14.2. The second-order valence-electron chi connectivity index (χ2n) is 6.21. The molecule has 24 heavy (non-hydrogen) atoms. The Bertz CT molecular complexity index is 776. The molecule has 0 atom stereocenters. The van der Waals surface area contributed by atoms with Crippen LogP contribution in [0.15, 0.2) is 53.3 Å². The summed E-state index contributed by atoms with van der Waals surface area (Å²) in [7, 11) is 0. The summed E-state index contributed by atoms with van der Waals surface area (Å²) in [5.74, 6) is 0.467. The molecule has 0 unspecified atom stereocenters. The van der Waals surface area contributed by atoms with Crippen molar-refractivity contribution in [3.8, 4) is 17.2 Å². The van der Waals surface area contributed by atoms with Gasteiger partial charge in [0.15, 0.2) is 11.5 Å². The second-order valence-corrected chi connectivity index (χ2v) is 6.21. The number of hydrogen-bond acceptors (Lipinski definition) is 5. The molecule has 0 aliphatic rings. The lowest BCUT2D eigenvalue weighted by Gasteiger charge is -2.18. The number of carbonyl (C=O) groups is 1. The van der Waals surface area contributed by atoms with Crippen LogP contribution in [0.2, 0.25) is 0 Å². The number of carbonyl (C=O) groups excluding carboxylic acids is 1. The van der Waals surface area contributed by atoms with E-state index >= 15 is 0 Å². The van der Waals surface area contributed by atoms with Crippen LogP contribution >= 0.6 is 0 Å². The van der Waals surface area contributed by atoms with Crippen LogP contribution in [-0.2, 0) is 4.74 Å². The van der Waals surface area contributed by atoms with Crippen LogP contribution in [0, 0.1) is 6.92 Å². The van der Waals surface area contributed by atoms with Crippen LogP contribution in [0.4, 0.5) is 4.79 Å². The molecule has 0 aromatic heterocycles. The van der Waals surface area contributed by atoms with Gasteiger partial charge >= 0.3 is 6.16 Å². The number of aryl methyl sites for hydroxylation is 1. The number of hydrogen-bond donors (Lipinski definition) is 0. The zero-order valence-electron chi connectivity index (χ0n) is 14.2. The Morgan fingerprint density at radius 1 is 0.958 bits per heavy atom. The third-order valence-electron chi connectivity index (χ3n) is 2.93. The number of ether oxygens (including phenoxy) is 3. The maximum absolute atomic E-state index is 12.6. The highest BCUT2D eigenvalue weighted by Crippen LogP contribution is 2.21. The first kappa shape index (κ1) is 17.5. The van der Waals surface area contributed by atoms with Gasteiger partial charge in [0.1, 0.15) is 11.4 Å². The molecule has 0 aliphatic carbocycles. The first-order valence-electron chi connectivity index (χ1n) is 7.54. The molecule has 0 aliphatic heterocycles. The van der Waals surface area contributed by atoms with E-state index in [1.54, 1.807) is 64.1 Å². The molecule has 0 saturated carbocycles. The predicted octanol–water partition coefficient (Wildman–Crippen LogP) is 4.46. The van der Waals surface area contributed by atoms with Gasteiger partial charge < -0.3 is 14.2 Å². The van der Waals surface area contributed by atoms with Crippen LogP contribution in [0.5, 0.6) is 17.2 Å². The van der Waals surface area contributed by atoms with Crippen molar-refractivity contribution >= 4 is 6.16 Å². The van der Waals surface area contributed by atoms with Crippen molar-refractivity contribution in [3.63, 3.8) is 0 Å². The maximum atomic E-state index is 12.6. The molecule has 0 spiro atoms. The number of para-hydroxylation sites is 1. The summed E-state index contributed by atoms with van der Waals surface area (Å²) in [6.45, 7) is 6.82. The molecule has 0 amide bonds. The first-order chi connectivity index (χ1) is 11.3. The molecule has 0 heterocycles. The molecular weight excluding hydrogens is 308 g/mol. The highest BCUT2D eigenvalue weighted by Gasteiger charge is 2.20. The molecule has 0 N–H and O–H groups in total.